The molecule has 1 amide bonds. The molecule has 0 spiro atoms. The van der Waals surface area contributed by atoms with E-state index in [2.05, 4.69) is 15.3 Å². The minimum Gasteiger partial charge on any atom is -0.496 e. The molecule has 1 aliphatic heterocycles. The zero-order chi connectivity index (χ0) is 19.7. The van der Waals surface area contributed by atoms with E-state index in [0.717, 1.165) is 6.42 Å². The molecule has 4 atom stereocenters. The van der Waals surface area contributed by atoms with Crippen molar-refractivity contribution in [2.45, 2.75) is 25.0 Å². The highest BCUT2D eigenvalue weighted by atomic mass is 35.5. The van der Waals surface area contributed by atoms with Crippen LogP contribution in [0.2, 0.25) is 5.02 Å². The zero-order valence-corrected chi connectivity index (χ0v) is 16.3. The number of benzene rings is 1. The summed E-state index contributed by atoms with van der Waals surface area (Å²) in [5, 5.41) is 14.4. The van der Waals surface area contributed by atoms with Crippen LogP contribution in [0.25, 0.3) is 0 Å². The first kappa shape index (κ1) is 19.0. The van der Waals surface area contributed by atoms with Gasteiger partial charge in [0.15, 0.2) is 0 Å². The highest BCUT2D eigenvalue weighted by Gasteiger charge is 2.43. The van der Waals surface area contributed by atoms with Crippen molar-refractivity contribution in [1.82, 2.24) is 14.9 Å². The van der Waals surface area contributed by atoms with E-state index in [1.807, 2.05) is 4.90 Å². The second-order valence-electron chi connectivity index (χ2n) is 7.46. The van der Waals surface area contributed by atoms with Gasteiger partial charge < -0.3 is 20.1 Å². The Bertz CT molecular complexity index is 851. The first-order valence-electron chi connectivity index (χ1n) is 9.38. The Labute approximate surface area is 168 Å². The van der Waals surface area contributed by atoms with Crippen molar-refractivity contribution in [1.29, 1.82) is 0 Å². The van der Waals surface area contributed by atoms with Crippen molar-refractivity contribution >= 4 is 23.3 Å². The molecule has 2 N–H and O–H groups in total. The number of fused-ring (bicyclic) bond motifs is 1. The van der Waals surface area contributed by atoms with E-state index in [4.69, 9.17) is 16.3 Å². The molecular weight excluding hydrogens is 380 g/mol. The topological polar surface area (TPSA) is 87.6 Å². The molecule has 7 nitrogen and oxygen atoms in total. The largest absolute Gasteiger partial charge is 0.496 e. The summed E-state index contributed by atoms with van der Waals surface area (Å²) in [6.45, 7) is 1.29. The SMILES string of the molecule is COc1ccc(Cl)cc1C(=O)N1C[C@H]2C[C@@H](Nc3cnccn3)[C@H](O)C[C@H]2C1. The molecule has 0 unspecified atom stereocenters. The fourth-order valence-corrected chi connectivity index (χ4v) is 4.50. The molecular formula is C20H23ClN4O3. The van der Waals surface area contributed by atoms with Crippen LogP contribution in [0.5, 0.6) is 5.75 Å². The van der Waals surface area contributed by atoms with Crippen LogP contribution in [0.15, 0.2) is 36.8 Å². The molecule has 148 valence electrons. The van der Waals surface area contributed by atoms with E-state index in [9.17, 15) is 9.90 Å². The Kier molecular flexibility index (Phi) is 5.37. The second-order valence-corrected chi connectivity index (χ2v) is 7.89. The van der Waals surface area contributed by atoms with Crippen LogP contribution in [0, 0.1) is 11.8 Å². The predicted octanol–water partition coefficient (Wildman–Crippen LogP) is 2.46. The molecule has 1 aromatic heterocycles. The van der Waals surface area contributed by atoms with Crippen molar-refractivity contribution in [2.75, 3.05) is 25.5 Å². The number of hydrogen-bond acceptors (Lipinski definition) is 6. The summed E-state index contributed by atoms with van der Waals surface area (Å²) in [6.07, 6.45) is 5.82. The van der Waals surface area contributed by atoms with E-state index >= 15 is 0 Å². The van der Waals surface area contributed by atoms with E-state index in [-0.39, 0.29) is 17.9 Å². The summed E-state index contributed by atoms with van der Waals surface area (Å²) in [6, 6.07) is 4.97. The molecule has 2 aromatic rings. The molecule has 1 aliphatic carbocycles. The number of likely N-dealkylation sites (tertiary alicyclic amines) is 1. The van der Waals surface area contributed by atoms with Crippen LogP contribution in [-0.4, -0.2) is 58.2 Å². The summed E-state index contributed by atoms with van der Waals surface area (Å²) in [7, 11) is 1.54. The fraction of sp³-hybridized carbons (Fsp3) is 0.450. The lowest BCUT2D eigenvalue weighted by Crippen LogP contribution is -2.43. The third-order valence-electron chi connectivity index (χ3n) is 5.72. The maximum absolute atomic E-state index is 13.1. The standard InChI is InChI=1S/C20H23ClN4O3/c1-28-18-3-2-14(21)8-15(18)20(27)25-10-12-6-16(17(26)7-13(12)11-25)24-19-9-22-4-5-23-19/h2-5,8-9,12-13,16-17,26H,6-7,10-11H2,1H3,(H,23,24)/t12-,13+,16-,17-/m1/s1. The number of aliphatic hydroxyl groups is 1. The number of hydrogen-bond donors (Lipinski definition) is 2. The van der Waals surface area contributed by atoms with Crippen LogP contribution in [0.4, 0.5) is 5.82 Å². The van der Waals surface area contributed by atoms with Crippen molar-refractivity contribution in [3.8, 4) is 5.75 Å². The third-order valence-corrected chi connectivity index (χ3v) is 5.95. The first-order valence-corrected chi connectivity index (χ1v) is 9.76. The molecule has 0 radical (unpaired) electrons. The van der Waals surface area contributed by atoms with Crippen LogP contribution < -0.4 is 10.1 Å². The number of anilines is 1. The van der Waals surface area contributed by atoms with Gasteiger partial charge in [0.2, 0.25) is 0 Å². The Morgan fingerprint density at radius 2 is 2.07 bits per heavy atom. The van der Waals surface area contributed by atoms with Gasteiger partial charge in [-0.25, -0.2) is 4.98 Å². The smallest absolute Gasteiger partial charge is 0.257 e. The lowest BCUT2D eigenvalue weighted by atomic mass is 9.77. The van der Waals surface area contributed by atoms with E-state index in [0.29, 0.717) is 47.6 Å². The summed E-state index contributed by atoms with van der Waals surface area (Å²) >= 11 is 6.08. The van der Waals surface area contributed by atoms with Gasteiger partial charge >= 0.3 is 0 Å². The lowest BCUT2D eigenvalue weighted by Gasteiger charge is -2.35. The zero-order valence-electron chi connectivity index (χ0n) is 15.6. The summed E-state index contributed by atoms with van der Waals surface area (Å²) in [5.74, 6) is 1.70. The molecule has 2 aliphatic rings. The highest BCUT2D eigenvalue weighted by Crippen LogP contribution is 2.38. The highest BCUT2D eigenvalue weighted by molar-refractivity contribution is 6.31. The first-order chi connectivity index (χ1) is 13.5. The van der Waals surface area contributed by atoms with Gasteiger partial charge in [0.25, 0.3) is 5.91 Å². The Balaban J connectivity index is 1.46. The molecule has 8 heteroatoms. The maximum Gasteiger partial charge on any atom is 0.257 e. The number of methoxy groups -OCH3 is 1. The predicted molar refractivity (Wildman–Crippen MR) is 106 cm³/mol. The molecule has 4 rings (SSSR count). The summed E-state index contributed by atoms with van der Waals surface area (Å²) in [4.78, 5) is 23.2. The van der Waals surface area contributed by atoms with Crippen molar-refractivity contribution in [2.24, 2.45) is 11.8 Å². The normalized spacial score (nSPS) is 26.6. The molecule has 2 heterocycles. The number of amides is 1. The number of nitrogens with one attached hydrogen (secondary N) is 1. The van der Waals surface area contributed by atoms with Gasteiger partial charge in [-0.1, -0.05) is 11.6 Å². The molecule has 1 saturated carbocycles. The number of aliphatic hydroxyl groups excluding tert-OH is 1. The van der Waals surface area contributed by atoms with Gasteiger partial charge in [0.1, 0.15) is 11.6 Å². The maximum atomic E-state index is 13.1. The van der Waals surface area contributed by atoms with Gasteiger partial charge in [-0.15, -0.1) is 0 Å². The molecule has 1 saturated heterocycles. The van der Waals surface area contributed by atoms with Crippen molar-refractivity contribution < 1.29 is 14.6 Å². The van der Waals surface area contributed by atoms with Crippen LogP contribution in [0.3, 0.4) is 0 Å². The van der Waals surface area contributed by atoms with Crippen LogP contribution in [0.1, 0.15) is 23.2 Å². The Morgan fingerprint density at radius 1 is 1.29 bits per heavy atom. The van der Waals surface area contributed by atoms with Gasteiger partial charge in [-0.05, 0) is 42.9 Å². The molecule has 2 fully saturated rings. The van der Waals surface area contributed by atoms with Gasteiger partial charge in [-0.2, -0.15) is 0 Å². The summed E-state index contributed by atoms with van der Waals surface area (Å²) < 4.78 is 5.33. The number of halogens is 1. The number of ether oxygens (including phenoxy) is 1. The number of carbonyl (C=O) groups is 1. The minimum absolute atomic E-state index is 0.0818. The lowest BCUT2D eigenvalue weighted by molar-refractivity contribution is 0.0726. The van der Waals surface area contributed by atoms with Crippen molar-refractivity contribution in [3.05, 3.63) is 47.4 Å². The number of nitrogens with zero attached hydrogens (tertiary/aromatic N) is 3. The Hall–Kier alpha value is -2.38. The molecule has 0 bridgehead atoms. The number of carbonyl (C=O) groups excluding carboxylic acids is 1. The minimum atomic E-state index is -0.487. The third kappa shape index (κ3) is 3.77. The van der Waals surface area contributed by atoms with Crippen LogP contribution in [-0.2, 0) is 0 Å². The van der Waals surface area contributed by atoms with E-state index in [1.165, 1.54) is 0 Å². The van der Waals surface area contributed by atoms with Gasteiger partial charge in [0.05, 0.1) is 31.0 Å². The molecule has 1 aromatic carbocycles. The second kappa shape index (κ2) is 7.93. The van der Waals surface area contributed by atoms with Gasteiger partial charge in [0, 0.05) is 30.5 Å². The van der Waals surface area contributed by atoms with E-state index in [1.54, 1.807) is 43.9 Å². The molecule has 28 heavy (non-hydrogen) atoms. The Morgan fingerprint density at radius 3 is 2.79 bits per heavy atom. The quantitative estimate of drug-likeness (QED) is 0.816. The fourth-order valence-electron chi connectivity index (χ4n) is 4.33. The van der Waals surface area contributed by atoms with Crippen molar-refractivity contribution in [3.63, 3.8) is 0 Å². The monoisotopic (exact) mass is 402 g/mol. The average molecular weight is 403 g/mol. The van der Waals surface area contributed by atoms with E-state index < -0.39 is 6.10 Å². The van der Waals surface area contributed by atoms with Crippen LogP contribution >= 0.6 is 11.6 Å². The van der Waals surface area contributed by atoms with Gasteiger partial charge in [-0.3, -0.25) is 9.78 Å². The number of rotatable bonds is 4. The number of aromatic nitrogens is 2. The average Bonchev–Trinajstić information content (AvgIpc) is 3.11. The summed E-state index contributed by atoms with van der Waals surface area (Å²) in [5.41, 5.74) is 0.475.